The van der Waals surface area contributed by atoms with Crippen molar-refractivity contribution >= 4 is 35.8 Å². The Kier molecular flexibility index (Phi) is 16.3. The van der Waals surface area contributed by atoms with Crippen molar-refractivity contribution in [2.24, 2.45) is 46.3 Å². The summed E-state index contributed by atoms with van der Waals surface area (Å²) < 4.78 is 0. The van der Waals surface area contributed by atoms with Gasteiger partial charge in [-0.3, -0.25) is 43.5 Å². The summed E-state index contributed by atoms with van der Waals surface area (Å²) >= 11 is 0. The second-order valence-electron chi connectivity index (χ2n) is 18.2. The number of aliphatic hydroxyl groups excluding tert-OH is 1. The molecule has 0 heterocycles. The van der Waals surface area contributed by atoms with E-state index < -0.39 is 62.1 Å². The number of nitrogens with one attached hydrogen (secondary N) is 1. The molecule has 0 aromatic rings. The van der Waals surface area contributed by atoms with Crippen molar-refractivity contribution in [2.45, 2.75) is 123 Å². The molecule has 0 saturated heterocycles. The van der Waals surface area contributed by atoms with Crippen molar-refractivity contribution in [3.8, 4) is 0 Å². The van der Waals surface area contributed by atoms with E-state index in [0.29, 0.717) is 35.5 Å². The number of carbonyl (C=O) groups excluding carboxylic acids is 1. The van der Waals surface area contributed by atoms with E-state index in [9.17, 15) is 59.4 Å². The number of carbonyl (C=O) groups is 6. The monoisotopic (exact) mass is 808 g/mol. The van der Waals surface area contributed by atoms with E-state index >= 15 is 0 Å². The molecule has 4 rings (SSSR count). The molecule has 16 nitrogen and oxygen atoms in total. The normalized spacial score (nSPS) is 31.9. The van der Waals surface area contributed by atoms with Crippen LogP contribution in [-0.2, 0) is 28.8 Å². The van der Waals surface area contributed by atoms with E-state index in [1.54, 1.807) is 0 Å². The molecule has 0 radical (unpaired) electrons. The highest BCUT2D eigenvalue weighted by atomic mass is 16.4. The molecular formula is C41H68N4O12. The van der Waals surface area contributed by atoms with Gasteiger partial charge in [0.15, 0.2) is 0 Å². The van der Waals surface area contributed by atoms with Crippen LogP contribution < -0.4 is 5.32 Å². The average Bonchev–Trinajstić information content (AvgIpc) is 3.47. The van der Waals surface area contributed by atoms with Crippen LogP contribution in [0.3, 0.4) is 0 Å². The van der Waals surface area contributed by atoms with E-state index in [1.165, 1.54) is 24.2 Å². The lowest BCUT2D eigenvalue weighted by atomic mass is 9.43. The molecule has 11 atom stereocenters. The predicted octanol–water partition coefficient (Wildman–Crippen LogP) is 3.01. The number of aliphatic hydroxyl groups is 1. The number of hydrogen-bond donors (Lipinski definition) is 7. The minimum Gasteiger partial charge on any atom is -0.480 e. The second kappa shape index (κ2) is 20.1. The van der Waals surface area contributed by atoms with Crippen molar-refractivity contribution in [3.63, 3.8) is 0 Å². The summed E-state index contributed by atoms with van der Waals surface area (Å²) in [4.78, 5) is 75.3. The van der Waals surface area contributed by atoms with Gasteiger partial charge in [-0.15, -0.1) is 0 Å². The molecule has 0 bridgehead atoms. The van der Waals surface area contributed by atoms with Crippen LogP contribution in [0, 0.1) is 46.3 Å². The van der Waals surface area contributed by atoms with Crippen LogP contribution in [-0.4, -0.2) is 152 Å². The van der Waals surface area contributed by atoms with E-state index in [2.05, 4.69) is 33.0 Å². The van der Waals surface area contributed by atoms with Gasteiger partial charge in [0.25, 0.3) is 0 Å². The third-order valence-corrected chi connectivity index (χ3v) is 14.9. The number of aliphatic carboxylic acids is 5. The summed E-state index contributed by atoms with van der Waals surface area (Å²) in [6.45, 7) is 6.33. The molecule has 4 saturated carbocycles. The second-order valence-corrected chi connectivity index (χ2v) is 18.2. The van der Waals surface area contributed by atoms with Gasteiger partial charge < -0.3 is 36.0 Å². The zero-order valence-corrected chi connectivity index (χ0v) is 34.3. The van der Waals surface area contributed by atoms with E-state index in [4.69, 9.17) is 0 Å². The average molecular weight is 809 g/mol. The van der Waals surface area contributed by atoms with Gasteiger partial charge in [0, 0.05) is 38.6 Å². The topological polar surface area (TPSA) is 246 Å². The largest absolute Gasteiger partial charge is 0.480 e. The highest BCUT2D eigenvalue weighted by molar-refractivity contribution is 5.79. The zero-order valence-electron chi connectivity index (χ0n) is 34.3. The molecule has 7 N–H and O–H groups in total. The molecule has 4 fully saturated rings. The summed E-state index contributed by atoms with van der Waals surface area (Å²) in [6.07, 6.45) is 9.74. The molecule has 4 unspecified atom stereocenters. The van der Waals surface area contributed by atoms with Crippen LogP contribution in [0.5, 0.6) is 0 Å². The zero-order chi connectivity index (χ0) is 42.2. The van der Waals surface area contributed by atoms with Gasteiger partial charge in [0.1, 0.15) is 6.04 Å². The lowest BCUT2D eigenvalue weighted by Crippen LogP contribution is -2.59. The van der Waals surface area contributed by atoms with Crippen LogP contribution in [0.2, 0.25) is 0 Å². The maximum Gasteiger partial charge on any atom is 0.320 e. The molecular weight excluding hydrogens is 740 g/mol. The van der Waals surface area contributed by atoms with E-state index in [0.717, 1.165) is 54.7 Å². The van der Waals surface area contributed by atoms with E-state index in [-0.39, 0.29) is 67.9 Å². The quantitative estimate of drug-likeness (QED) is 0.0785. The first-order chi connectivity index (χ1) is 26.8. The first kappa shape index (κ1) is 46.4. The highest BCUT2D eigenvalue weighted by Crippen LogP contribution is 2.68. The van der Waals surface area contributed by atoms with Gasteiger partial charge in [0.05, 0.1) is 32.3 Å². The first-order valence-corrected chi connectivity index (χ1v) is 21.1. The Morgan fingerprint density at radius 3 is 1.79 bits per heavy atom. The molecule has 0 aromatic carbocycles. The summed E-state index contributed by atoms with van der Waals surface area (Å²) in [7, 11) is 0. The van der Waals surface area contributed by atoms with Gasteiger partial charge in [-0.1, -0.05) is 40.5 Å². The fourth-order valence-electron chi connectivity index (χ4n) is 12.2. The molecule has 57 heavy (non-hydrogen) atoms. The van der Waals surface area contributed by atoms with Gasteiger partial charge >= 0.3 is 29.8 Å². The van der Waals surface area contributed by atoms with Crippen molar-refractivity contribution in [3.05, 3.63) is 0 Å². The Morgan fingerprint density at radius 1 is 0.719 bits per heavy atom. The van der Waals surface area contributed by atoms with Crippen molar-refractivity contribution in [1.82, 2.24) is 20.0 Å². The van der Waals surface area contributed by atoms with Crippen LogP contribution in [0.1, 0.15) is 105 Å². The first-order valence-electron chi connectivity index (χ1n) is 21.1. The summed E-state index contributed by atoms with van der Waals surface area (Å²) in [5.74, 6) is -3.59. The number of nitrogens with zero attached hydrogens (tertiary/aromatic N) is 3. The summed E-state index contributed by atoms with van der Waals surface area (Å²) in [5, 5.41) is 62.5. The minimum atomic E-state index is -1.28. The maximum atomic E-state index is 13.4. The number of amides is 1. The molecule has 1 amide bonds. The molecule has 16 heteroatoms. The number of carboxylic acids is 5. The summed E-state index contributed by atoms with van der Waals surface area (Å²) in [5.41, 5.74) is 0.0268. The van der Waals surface area contributed by atoms with Crippen LogP contribution in [0.15, 0.2) is 0 Å². The number of fused-ring (bicyclic) bond motifs is 5. The Hall–Kier alpha value is -3.34. The molecule has 0 aliphatic heterocycles. The Balaban J connectivity index is 1.39. The lowest BCUT2D eigenvalue weighted by Gasteiger charge is -2.62. The third kappa shape index (κ3) is 11.4. The Morgan fingerprint density at radius 2 is 1.28 bits per heavy atom. The lowest BCUT2D eigenvalue weighted by molar-refractivity contribution is -0.170. The van der Waals surface area contributed by atoms with Gasteiger partial charge in [-0.05, 0) is 104 Å². The van der Waals surface area contributed by atoms with E-state index in [1.807, 2.05) is 0 Å². The van der Waals surface area contributed by atoms with Crippen LogP contribution >= 0.6 is 0 Å². The fourth-order valence-corrected chi connectivity index (χ4v) is 12.2. The number of carboxylic acid groups (broad SMARTS) is 5. The van der Waals surface area contributed by atoms with Crippen molar-refractivity contribution in [1.29, 1.82) is 0 Å². The standard InChI is InChI=1S/C41H68N4O12/c1-5-6-25(2)29-9-10-30-28-8-7-26-19-27(13-14-40(26,3)31(28)20-33(46)41(29,30)4)42-34(47)12-11-32(39(56)57)45(17-15-43(21-35(48)49)22-36(50)51)18-16-44(23-37(52)53)24-38(54)55/h25-33,46H,5-24H2,1-4H3,(H,42,47)(H,48,49)(H,50,51)(H,52,53)(H,54,55)(H,56,57)/t25?,26-,27+,28?,29-,30?,31?,32+,33+,40+,41-/m1/s1. The van der Waals surface area contributed by atoms with Crippen LogP contribution in [0.25, 0.3) is 0 Å². The number of hydrogen-bond acceptors (Lipinski definition) is 10. The molecule has 4 aliphatic rings. The molecule has 4 aliphatic carbocycles. The smallest absolute Gasteiger partial charge is 0.320 e. The van der Waals surface area contributed by atoms with Gasteiger partial charge in [0.2, 0.25) is 5.91 Å². The van der Waals surface area contributed by atoms with Crippen LogP contribution in [0.4, 0.5) is 0 Å². The van der Waals surface area contributed by atoms with Gasteiger partial charge in [-0.2, -0.15) is 0 Å². The highest BCUT2D eigenvalue weighted by Gasteiger charge is 2.63. The Labute approximate surface area is 336 Å². The molecule has 0 aromatic heterocycles. The number of rotatable bonds is 23. The van der Waals surface area contributed by atoms with Gasteiger partial charge in [-0.25, -0.2) is 0 Å². The fraction of sp³-hybridized carbons (Fsp3) is 0.854. The molecule has 324 valence electrons. The minimum absolute atomic E-state index is 0.0415. The third-order valence-electron chi connectivity index (χ3n) is 14.9. The SMILES string of the molecule is CCCC(C)[C@H]1CCC2C3CC[C@@H]4C[C@@H](NC(=O)CC[C@@H](C(=O)O)N(CCN(CC(=O)O)CC(=O)O)CCN(CC(=O)O)CC(=O)O)CC[C@]4(C)C3C[C@H](O)[C@@]21C. The summed E-state index contributed by atoms with van der Waals surface area (Å²) in [6, 6.07) is -1.35. The predicted molar refractivity (Wildman–Crippen MR) is 208 cm³/mol. The Bertz CT molecular complexity index is 1380. The molecule has 0 spiro atoms. The van der Waals surface area contributed by atoms with Crippen molar-refractivity contribution < 1.29 is 59.4 Å². The maximum absolute atomic E-state index is 13.4. The van der Waals surface area contributed by atoms with Crippen molar-refractivity contribution in [2.75, 3.05) is 52.4 Å².